The Hall–Kier alpha value is -2.83. The molecule has 1 atom stereocenters. The molecule has 1 amide bonds. The molecule has 1 aliphatic heterocycles. The summed E-state index contributed by atoms with van der Waals surface area (Å²) in [4.78, 5) is 30.6. The summed E-state index contributed by atoms with van der Waals surface area (Å²) in [5.74, 6) is 0.895. The Labute approximate surface area is 157 Å². The van der Waals surface area contributed by atoms with Crippen LogP contribution in [0.5, 0.6) is 0 Å². The van der Waals surface area contributed by atoms with Crippen LogP contribution < -0.4 is 5.69 Å². The third-order valence-corrected chi connectivity index (χ3v) is 5.61. The van der Waals surface area contributed by atoms with E-state index in [0.717, 1.165) is 41.7 Å². The maximum absolute atomic E-state index is 13.2. The van der Waals surface area contributed by atoms with Gasteiger partial charge < -0.3 is 9.88 Å². The number of rotatable bonds is 3. The molecule has 27 heavy (non-hydrogen) atoms. The topological polar surface area (TPSA) is 75.9 Å². The second kappa shape index (κ2) is 6.72. The molecule has 0 radical (unpaired) electrons. The van der Waals surface area contributed by atoms with Gasteiger partial charge in [-0.05, 0) is 38.3 Å². The molecule has 0 aliphatic carbocycles. The predicted molar refractivity (Wildman–Crippen MR) is 104 cm³/mol. The zero-order valence-corrected chi connectivity index (χ0v) is 16.0. The number of fused-ring (bicyclic) bond motifs is 1. The van der Waals surface area contributed by atoms with E-state index in [2.05, 4.69) is 10.1 Å². The lowest BCUT2D eigenvalue weighted by Gasteiger charge is -2.32. The molecule has 0 unspecified atom stereocenters. The van der Waals surface area contributed by atoms with Crippen molar-refractivity contribution in [1.82, 2.24) is 24.2 Å². The van der Waals surface area contributed by atoms with Crippen molar-refractivity contribution in [3.05, 3.63) is 51.8 Å². The van der Waals surface area contributed by atoms with Crippen molar-refractivity contribution in [3.63, 3.8) is 0 Å². The van der Waals surface area contributed by atoms with Crippen molar-refractivity contribution < 1.29 is 4.79 Å². The van der Waals surface area contributed by atoms with E-state index in [1.807, 2.05) is 43.0 Å². The fraction of sp³-hybridized carbons (Fsp3) is 0.450. The van der Waals surface area contributed by atoms with Gasteiger partial charge in [0.1, 0.15) is 11.5 Å². The minimum Gasteiger partial charge on any atom is -0.350 e. The fourth-order valence-corrected chi connectivity index (χ4v) is 4.15. The molecule has 0 bridgehead atoms. The molecule has 3 heterocycles. The summed E-state index contributed by atoms with van der Waals surface area (Å²) in [6.07, 6.45) is 1.84. The number of carbonyl (C=O) groups excluding carboxylic acids is 1. The number of H-pyrrole nitrogens is 1. The van der Waals surface area contributed by atoms with Crippen molar-refractivity contribution in [2.45, 2.75) is 39.2 Å². The molecule has 0 spiro atoms. The van der Waals surface area contributed by atoms with E-state index in [-0.39, 0.29) is 17.5 Å². The number of carbonyl (C=O) groups is 1. The quantitative estimate of drug-likeness (QED) is 0.772. The smallest absolute Gasteiger partial charge is 0.345 e. The van der Waals surface area contributed by atoms with Crippen molar-refractivity contribution in [1.29, 1.82) is 0 Å². The van der Waals surface area contributed by atoms with Gasteiger partial charge in [-0.2, -0.15) is 5.10 Å². The van der Waals surface area contributed by atoms with E-state index in [1.165, 1.54) is 4.68 Å². The van der Waals surface area contributed by atoms with E-state index < -0.39 is 0 Å². The Balaban J connectivity index is 1.63. The van der Waals surface area contributed by atoms with Crippen LogP contribution in [0.1, 0.15) is 47.6 Å². The van der Waals surface area contributed by atoms with Crippen LogP contribution in [-0.2, 0) is 13.6 Å². The fourth-order valence-electron chi connectivity index (χ4n) is 4.15. The van der Waals surface area contributed by atoms with Gasteiger partial charge in [0.15, 0.2) is 0 Å². The predicted octanol–water partition coefficient (Wildman–Crippen LogP) is 2.41. The lowest BCUT2D eigenvalue weighted by atomic mass is 9.96. The number of nitrogens with zero attached hydrogens (tertiary/aromatic N) is 4. The third-order valence-electron chi connectivity index (χ3n) is 5.61. The molecule has 7 nitrogen and oxygen atoms in total. The van der Waals surface area contributed by atoms with Gasteiger partial charge in [0.05, 0.1) is 0 Å². The maximum Gasteiger partial charge on any atom is 0.345 e. The summed E-state index contributed by atoms with van der Waals surface area (Å²) in [7, 11) is 1.68. The minimum absolute atomic E-state index is 0.0229. The van der Waals surface area contributed by atoms with Gasteiger partial charge in [-0.3, -0.25) is 9.36 Å². The number of aryl methyl sites for hydroxylation is 2. The van der Waals surface area contributed by atoms with Crippen LogP contribution in [0.4, 0.5) is 0 Å². The number of nitrogens with one attached hydrogen (secondary N) is 1. The molecular weight excluding hydrogens is 342 g/mol. The highest BCUT2D eigenvalue weighted by atomic mass is 16.2. The number of para-hydroxylation sites is 1. The SMILES string of the molecule is CCn1c([C@@H]2CCCN(C(=O)c3[nH]c4ccccc4c3C)C2)nn(C)c1=O. The Morgan fingerprint density at radius 1 is 1.33 bits per heavy atom. The van der Waals surface area contributed by atoms with Crippen LogP contribution in [0, 0.1) is 6.92 Å². The summed E-state index contributed by atoms with van der Waals surface area (Å²) in [6, 6.07) is 7.98. The summed E-state index contributed by atoms with van der Waals surface area (Å²) < 4.78 is 3.11. The number of piperidine rings is 1. The summed E-state index contributed by atoms with van der Waals surface area (Å²) >= 11 is 0. The molecule has 142 valence electrons. The molecule has 3 aromatic rings. The van der Waals surface area contributed by atoms with Crippen LogP contribution in [-0.4, -0.2) is 43.2 Å². The lowest BCUT2D eigenvalue weighted by molar-refractivity contribution is 0.0697. The zero-order valence-electron chi connectivity index (χ0n) is 16.0. The Kier molecular flexibility index (Phi) is 4.37. The molecule has 0 saturated carbocycles. The second-order valence-electron chi connectivity index (χ2n) is 7.27. The number of benzene rings is 1. The van der Waals surface area contributed by atoms with Crippen molar-refractivity contribution in [2.75, 3.05) is 13.1 Å². The largest absolute Gasteiger partial charge is 0.350 e. The molecule has 1 aliphatic rings. The highest BCUT2D eigenvalue weighted by Crippen LogP contribution is 2.28. The number of likely N-dealkylation sites (tertiary alicyclic amines) is 1. The molecule has 1 saturated heterocycles. The van der Waals surface area contributed by atoms with Gasteiger partial charge >= 0.3 is 5.69 Å². The van der Waals surface area contributed by atoms with Gasteiger partial charge in [-0.1, -0.05) is 18.2 Å². The van der Waals surface area contributed by atoms with Gasteiger partial charge in [-0.15, -0.1) is 0 Å². The molecule has 4 rings (SSSR count). The zero-order chi connectivity index (χ0) is 19.1. The van der Waals surface area contributed by atoms with Crippen LogP contribution in [0.15, 0.2) is 29.1 Å². The van der Waals surface area contributed by atoms with Crippen LogP contribution in [0.3, 0.4) is 0 Å². The van der Waals surface area contributed by atoms with Crippen LogP contribution in [0.2, 0.25) is 0 Å². The third kappa shape index (κ3) is 2.87. The van der Waals surface area contributed by atoms with E-state index in [4.69, 9.17) is 0 Å². The first kappa shape index (κ1) is 17.6. The number of aromatic nitrogens is 4. The van der Waals surface area contributed by atoms with Crippen molar-refractivity contribution >= 4 is 16.8 Å². The van der Waals surface area contributed by atoms with Gasteiger partial charge in [0.2, 0.25) is 0 Å². The summed E-state index contributed by atoms with van der Waals surface area (Å²) in [5.41, 5.74) is 2.53. The van der Waals surface area contributed by atoms with Crippen molar-refractivity contribution in [2.24, 2.45) is 7.05 Å². The molecule has 7 heteroatoms. The number of amides is 1. The number of aromatic amines is 1. The first-order chi connectivity index (χ1) is 13.0. The van der Waals surface area contributed by atoms with E-state index >= 15 is 0 Å². The van der Waals surface area contributed by atoms with Gasteiger partial charge in [0.25, 0.3) is 5.91 Å². The van der Waals surface area contributed by atoms with Gasteiger partial charge in [-0.25, -0.2) is 9.48 Å². The highest BCUT2D eigenvalue weighted by molar-refractivity contribution is 6.00. The van der Waals surface area contributed by atoms with Crippen LogP contribution in [0.25, 0.3) is 10.9 Å². The monoisotopic (exact) mass is 367 g/mol. The van der Waals surface area contributed by atoms with Crippen molar-refractivity contribution in [3.8, 4) is 0 Å². The standard InChI is InChI=1S/C20H25N5O2/c1-4-25-18(22-23(3)20(25)27)14-8-7-11-24(12-14)19(26)17-13(2)15-9-5-6-10-16(15)21-17/h5-6,9-10,14,21H,4,7-8,11-12H2,1-3H3/t14-/m1/s1. The lowest BCUT2D eigenvalue weighted by Crippen LogP contribution is -2.40. The average Bonchev–Trinajstić information content (AvgIpc) is 3.18. The second-order valence-corrected chi connectivity index (χ2v) is 7.27. The first-order valence-corrected chi connectivity index (χ1v) is 9.51. The van der Waals surface area contributed by atoms with Crippen LogP contribution >= 0.6 is 0 Å². The number of hydrogen-bond donors (Lipinski definition) is 1. The summed E-state index contributed by atoms with van der Waals surface area (Å²) in [6.45, 7) is 5.85. The van der Waals surface area contributed by atoms with E-state index in [0.29, 0.717) is 18.8 Å². The molecular formula is C20H25N5O2. The maximum atomic E-state index is 13.2. The molecule has 2 aromatic heterocycles. The molecule has 1 aromatic carbocycles. The number of hydrogen-bond acceptors (Lipinski definition) is 3. The summed E-state index contributed by atoms with van der Waals surface area (Å²) in [5, 5.41) is 5.53. The Morgan fingerprint density at radius 2 is 2.11 bits per heavy atom. The molecule has 1 N–H and O–H groups in total. The van der Waals surface area contributed by atoms with Gasteiger partial charge in [0, 0.05) is 43.5 Å². The van der Waals surface area contributed by atoms with E-state index in [1.54, 1.807) is 11.6 Å². The Bertz CT molecular complexity index is 1060. The minimum atomic E-state index is -0.0950. The molecule has 1 fully saturated rings. The average molecular weight is 367 g/mol. The Morgan fingerprint density at radius 3 is 2.85 bits per heavy atom. The normalized spacial score (nSPS) is 17.6. The first-order valence-electron chi connectivity index (χ1n) is 9.51. The van der Waals surface area contributed by atoms with E-state index in [9.17, 15) is 9.59 Å². The highest BCUT2D eigenvalue weighted by Gasteiger charge is 2.30.